The van der Waals surface area contributed by atoms with Crippen LogP contribution in [-0.2, 0) is 22.9 Å². The van der Waals surface area contributed by atoms with Crippen molar-refractivity contribution < 1.29 is 8.42 Å². The van der Waals surface area contributed by atoms with E-state index in [1.54, 1.807) is 0 Å². The lowest BCUT2D eigenvalue weighted by atomic mass is 10.1. The van der Waals surface area contributed by atoms with Crippen molar-refractivity contribution in [3.8, 4) is 0 Å². The van der Waals surface area contributed by atoms with E-state index >= 15 is 0 Å². The van der Waals surface area contributed by atoms with Gasteiger partial charge in [-0.25, -0.2) is 8.42 Å². The van der Waals surface area contributed by atoms with E-state index in [1.807, 2.05) is 6.20 Å². The molecule has 5 heteroatoms. The monoisotopic (exact) mass is 294 g/mol. The number of sulfone groups is 1. The summed E-state index contributed by atoms with van der Waals surface area (Å²) in [7, 11) is -2.87. The lowest BCUT2D eigenvalue weighted by Gasteiger charge is -2.07. The van der Waals surface area contributed by atoms with Crippen LogP contribution in [0.3, 0.4) is 0 Å². The largest absolute Gasteiger partial charge is 0.347 e. The summed E-state index contributed by atoms with van der Waals surface area (Å²) < 4.78 is 24.5. The number of nitrogens with zero attached hydrogens (tertiary/aromatic N) is 1. The van der Waals surface area contributed by atoms with Crippen LogP contribution in [0.15, 0.2) is 30.5 Å². The van der Waals surface area contributed by atoms with E-state index in [1.165, 1.54) is 22.7 Å². The Morgan fingerprint density at radius 1 is 1.25 bits per heavy atom. The highest BCUT2D eigenvalue weighted by atomic mass is 32.2. The summed E-state index contributed by atoms with van der Waals surface area (Å²) >= 11 is 0. The Morgan fingerprint density at radius 2 is 2.05 bits per heavy atom. The zero-order chi connectivity index (χ0) is 14.6. The smallest absolute Gasteiger partial charge is 0.147 e. The van der Waals surface area contributed by atoms with Crippen molar-refractivity contribution >= 4 is 20.7 Å². The minimum absolute atomic E-state index is 0.240. The third-order valence-electron chi connectivity index (χ3n) is 3.38. The Morgan fingerprint density at radius 3 is 2.75 bits per heavy atom. The van der Waals surface area contributed by atoms with Gasteiger partial charge in [-0.3, -0.25) is 0 Å². The molecule has 0 aliphatic heterocycles. The molecule has 0 saturated carbocycles. The van der Waals surface area contributed by atoms with Crippen molar-refractivity contribution in [2.24, 2.45) is 0 Å². The average Bonchev–Trinajstić information content (AvgIpc) is 2.79. The van der Waals surface area contributed by atoms with Gasteiger partial charge in [-0.1, -0.05) is 19.1 Å². The molecule has 0 bridgehead atoms. The zero-order valence-corrected chi connectivity index (χ0v) is 12.9. The predicted octanol–water partition coefficient (Wildman–Crippen LogP) is 2.19. The maximum Gasteiger partial charge on any atom is 0.147 e. The molecule has 0 saturated heterocycles. The van der Waals surface area contributed by atoms with Gasteiger partial charge >= 0.3 is 0 Å². The average molecular weight is 294 g/mol. The van der Waals surface area contributed by atoms with Crippen molar-refractivity contribution in [3.05, 3.63) is 36.0 Å². The molecule has 0 aliphatic rings. The Labute approximate surface area is 120 Å². The van der Waals surface area contributed by atoms with Gasteiger partial charge in [0.1, 0.15) is 9.84 Å². The molecule has 2 aromatic rings. The summed E-state index contributed by atoms with van der Waals surface area (Å²) in [5, 5.41) is 4.58. The summed E-state index contributed by atoms with van der Waals surface area (Å²) in [6.45, 7) is 4.64. The van der Waals surface area contributed by atoms with Gasteiger partial charge in [0.25, 0.3) is 0 Å². The Bertz CT molecular complexity index is 674. The summed E-state index contributed by atoms with van der Waals surface area (Å²) in [5.41, 5.74) is 2.46. The third-order valence-corrected chi connectivity index (χ3v) is 4.41. The van der Waals surface area contributed by atoms with E-state index in [2.05, 4.69) is 41.1 Å². The Kier molecular flexibility index (Phi) is 4.83. The fourth-order valence-corrected chi connectivity index (χ4v) is 3.05. The molecule has 0 amide bonds. The number of aromatic nitrogens is 1. The number of benzene rings is 1. The second-order valence-electron chi connectivity index (χ2n) is 5.12. The summed E-state index contributed by atoms with van der Waals surface area (Å²) in [6, 6.07) is 8.39. The number of rotatable bonds is 7. The van der Waals surface area contributed by atoms with Gasteiger partial charge < -0.3 is 9.88 Å². The molecule has 0 spiro atoms. The molecule has 2 rings (SSSR count). The van der Waals surface area contributed by atoms with E-state index in [0.29, 0.717) is 6.42 Å². The SMILES string of the molecule is CCNCc1cccc2c1ccn2CCCS(C)(=O)=O. The number of fused-ring (bicyclic) bond motifs is 1. The minimum atomic E-state index is -2.87. The Hall–Kier alpha value is -1.33. The molecular formula is C15H22N2O2S. The quantitative estimate of drug-likeness (QED) is 0.851. The standard InChI is InChI=1S/C15H22N2O2S/c1-3-16-12-13-6-4-7-15-14(13)8-10-17(15)9-5-11-20(2,18)19/h4,6-8,10,16H,3,5,9,11-12H2,1-2H3. The van der Waals surface area contributed by atoms with Crippen LogP contribution in [0.2, 0.25) is 0 Å². The van der Waals surface area contributed by atoms with Crippen LogP contribution >= 0.6 is 0 Å². The van der Waals surface area contributed by atoms with Crippen LogP contribution < -0.4 is 5.32 Å². The minimum Gasteiger partial charge on any atom is -0.347 e. The van der Waals surface area contributed by atoms with Crippen molar-refractivity contribution in [1.29, 1.82) is 0 Å². The van der Waals surface area contributed by atoms with Gasteiger partial charge in [0.2, 0.25) is 0 Å². The second-order valence-corrected chi connectivity index (χ2v) is 7.38. The number of hydrogen-bond acceptors (Lipinski definition) is 3. The molecular weight excluding hydrogens is 272 g/mol. The van der Waals surface area contributed by atoms with Crippen molar-refractivity contribution in [3.63, 3.8) is 0 Å². The van der Waals surface area contributed by atoms with E-state index in [0.717, 1.165) is 19.6 Å². The van der Waals surface area contributed by atoms with Crippen LogP contribution in [-0.4, -0.2) is 31.5 Å². The van der Waals surface area contributed by atoms with Crippen LogP contribution in [0.25, 0.3) is 10.9 Å². The van der Waals surface area contributed by atoms with E-state index < -0.39 is 9.84 Å². The molecule has 0 fully saturated rings. The maximum absolute atomic E-state index is 11.2. The first-order valence-electron chi connectivity index (χ1n) is 6.96. The molecule has 20 heavy (non-hydrogen) atoms. The number of hydrogen-bond donors (Lipinski definition) is 1. The van der Waals surface area contributed by atoms with E-state index in [9.17, 15) is 8.42 Å². The van der Waals surface area contributed by atoms with Gasteiger partial charge in [0.05, 0.1) is 5.75 Å². The molecule has 0 atom stereocenters. The molecule has 0 unspecified atom stereocenters. The summed E-state index contributed by atoms with van der Waals surface area (Å²) in [4.78, 5) is 0. The molecule has 0 radical (unpaired) electrons. The molecule has 1 N–H and O–H groups in total. The van der Waals surface area contributed by atoms with Gasteiger partial charge in [-0.05, 0) is 30.7 Å². The van der Waals surface area contributed by atoms with Crippen LogP contribution in [0, 0.1) is 0 Å². The fraction of sp³-hybridized carbons (Fsp3) is 0.467. The van der Waals surface area contributed by atoms with Gasteiger partial charge in [0.15, 0.2) is 0 Å². The molecule has 110 valence electrons. The van der Waals surface area contributed by atoms with Crippen LogP contribution in [0.5, 0.6) is 0 Å². The molecule has 0 aliphatic carbocycles. The van der Waals surface area contributed by atoms with Crippen molar-refractivity contribution in [1.82, 2.24) is 9.88 Å². The topological polar surface area (TPSA) is 51.1 Å². The fourth-order valence-electron chi connectivity index (χ4n) is 2.39. The number of nitrogens with one attached hydrogen (secondary N) is 1. The van der Waals surface area contributed by atoms with E-state index in [4.69, 9.17) is 0 Å². The highest BCUT2D eigenvalue weighted by Crippen LogP contribution is 2.20. The molecule has 4 nitrogen and oxygen atoms in total. The first-order chi connectivity index (χ1) is 9.51. The first-order valence-corrected chi connectivity index (χ1v) is 9.02. The van der Waals surface area contributed by atoms with Gasteiger partial charge in [-0.2, -0.15) is 0 Å². The second kappa shape index (κ2) is 6.41. The lowest BCUT2D eigenvalue weighted by molar-refractivity contribution is 0.593. The summed E-state index contributed by atoms with van der Waals surface area (Å²) in [6.07, 6.45) is 3.98. The third kappa shape index (κ3) is 3.84. The molecule has 1 aromatic heterocycles. The van der Waals surface area contributed by atoms with E-state index in [-0.39, 0.29) is 5.75 Å². The zero-order valence-electron chi connectivity index (χ0n) is 12.1. The Balaban J connectivity index is 2.15. The molecule has 1 aromatic carbocycles. The van der Waals surface area contributed by atoms with Crippen LogP contribution in [0.4, 0.5) is 0 Å². The highest BCUT2D eigenvalue weighted by Gasteiger charge is 2.06. The lowest BCUT2D eigenvalue weighted by Crippen LogP contribution is -2.11. The number of aryl methyl sites for hydroxylation is 1. The van der Waals surface area contributed by atoms with Gasteiger partial charge in [-0.15, -0.1) is 0 Å². The van der Waals surface area contributed by atoms with Gasteiger partial charge in [0, 0.05) is 36.4 Å². The van der Waals surface area contributed by atoms with Crippen molar-refractivity contribution in [2.45, 2.75) is 26.4 Å². The first kappa shape index (κ1) is 15.1. The van der Waals surface area contributed by atoms with Crippen LogP contribution in [0.1, 0.15) is 18.9 Å². The van der Waals surface area contributed by atoms with Crippen molar-refractivity contribution in [2.75, 3.05) is 18.6 Å². The maximum atomic E-state index is 11.2. The highest BCUT2D eigenvalue weighted by molar-refractivity contribution is 7.90. The summed E-state index contributed by atoms with van der Waals surface area (Å²) in [5.74, 6) is 0.240. The predicted molar refractivity (Wildman–Crippen MR) is 83.6 cm³/mol. The molecule has 1 heterocycles. The normalized spacial score (nSPS) is 12.1.